The smallest absolute Gasteiger partial charge is 0.427 e. The first kappa shape index (κ1) is 29.3. The van der Waals surface area contributed by atoms with Gasteiger partial charge in [-0.15, -0.1) is 0 Å². The van der Waals surface area contributed by atoms with Crippen molar-refractivity contribution in [3.63, 3.8) is 0 Å². The molecule has 216 valence electrons. The normalized spacial score (nSPS) is 20.7. The van der Waals surface area contributed by atoms with Crippen LogP contribution in [0.25, 0.3) is 0 Å². The maximum atomic E-state index is 14.1. The van der Waals surface area contributed by atoms with Crippen LogP contribution in [-0.4, -0.2) is 45.5 Å². The second kappa shape index (κ2) is 9.43. The lowest BCUT2D eigenvalue weighted by Gasteiger charge is -2.38. The molecular weight excluding hydrogens is 558 g/mol. The Morgan fingerprint density at radius 2 is 1.85 bits per heavy atom. The van der Waals surface area contributed by atoms with Gasteiger partial charge >= 0.3 is 12.3 Å². The summed E-state index contributed by atoms with van der Waals surface area (Å²) in [4.78, 5) is 12.0. The number of amides is 1. The van der Waals surface area contributed by atoms with E-state index in [0.717, 1.165) is 22.5 Å². The number of anilines is 2. The van der Waals surface area contributed by atoms with Gasteiger partial charge in [-0.25, -0.2) is 17.6 Å². The van der Waals surface area contributed by atoms with E-state index in [2.05, 4.69) is 16.1 Å². The van der Waals surface area contributed by atoms with Gasteiger partial charge in [-0.1, -0.05) is 0 Å². The van der Waals surface area contributed by atoms with E-state index in [1.54, 1.807) is 13.8 Å². The van der Waals surface area contributed by atoms with Gasteiger partial charge < -0.3 is 14.2 Å². The van der Waals surface area contributed by atoms with Crippen LogP contribution in [0, 0.1) is 28.5 Å². The molecule has 1 aliphatic carbocycles. The average Bonchev–Trinajstić information content (AvgIpc) is 3.56. The van der Waals surface area contributed by atoms with Gasteiger partial charge in [0.05, 0.1) is 35.7 Å². The lowest BCUT2D eigenvalue weighted by atomic mass is 9.87. The number of carbonyl (C=O) groups is 1. The average molecular weight is 586 g/mol. The van der Waals surface area contributed by atoms with Crippen LogP contribution in [0.5, 0.6) is 11.5 Å². The fourth-order valence-electron chi connectivity index (χ4n) is 4.60. The number of nitriles is 1. The topological polar surface area (TPSA) is 118 Å². The van der Waals surface area contributed by atoms with E-state index in [9.17, 15) is 36.0 Å². The van der Waals surface area contributed by atoms with Gasteiger partial charge in [0, 0.05) is 17.7 Å². The van der Waals surface area contributed by atoms with Gasteiger partial charge in [0.25, 0.3) is 10.0 Å². The molecule has 4 rings (SSSR count). The molecule has 9 nitrogen and oxygen atoms in total. The number of halogens is 4. The Kier molecular flexibility index (Phi) is 6.90. The Bertz CT molecular complexity index is 1500. The first-order chi connectivity index (χ1) is 18.4. The quantitative estimate of drug-likeness (QED) is 0.437. The lowest BCUT2D eigenvalue weighted by Crippen LogP contribution is -2.47. The van der Waals surface area contributed by atoms with Crippen LogP contribution < -0.4 is 19.1 Å². The standard InChI is InChI=1S/C26H27F4N3O6S/c1-23(2,13-31)21-12-25(21)14-33(40(35,36)16-7-8-17(27)20(11-16)37-5)18-10-15(6-9-19(18)38-25)32-22(34)39-24(3,4)26(28,29)30/h6-11,21H,12,14H2,1-5H3,(H,32,34)/t21-,25-/m1/s1. The monoisotopic (exact) mass is 585 g/mol. The number of hydrogen-bond acceptors (Lipinski definition) is 7. The second-order valence-corrected chi connectivity index (χ2v) is 12.6. The van der Waals surface area contributed by atoms with Gasteiger partial charge in [-0.05, 0) is 64.4 Å². The van der Waals surface area contributed by atoms with Crippen LogP contribution in [-0.2, 0) is 14.8 Å². The van der Waals surface area contributed by atoms with E-state index >= 15 is 0 Å². The van der Waals surface area contributed by atoms with Crippen molar-refractivity contribution in [2.75, 3.05) is 23.3 Å². The highest BCUT2D eigenvalue weighted by atomic mass is 32.2. The number of methoxy groups -OCH3 is 1. The van der Waals surface area contributed by atoms with Crippen LogP contribution >= 0.6 is 0 Å². The molecular formula is C26H27F4N3O6S. The molecule has 1 aliphatic heterocycles. The van der Waals surface area contributed by atoms with E-state index in [0.29, 0.717) is 20.3 Å². The van der Waals surface area contributed by atoms with Crippen molar-refractivity contribution in [2.45, 2.75) is 56.4 Å². The summed E-state index contributed by atoms with van der Waals surface area (Å²) >= 11 is 0. The molecule has 1 amide bonds. The number of rotatable bonds is 6. The summed E-state index contributed by atoms with van der Waals surface area (Å²) in [5.41, 5.74) is -4.76. The van der Waals surface area contributed by atoms with Crippen molar-refractivity contribution >= 4 is 27.5 Å². The second-order valence-electron chi connectivity index (χ2n) is 10.8. The van der Waals surface area contributed by atoms with E-state index in [1.165, 1.54) is 25.3 Å². The molecule has 2 aromatic carbocycles. The molecule has 2 aromatic rings. The molecule has 0 saturated heterocycles. The SMILES string of the molecule is COc1cc(S(=O)(=O)N2C[C@@]3(C[C@@H]3C(C)(C)C#N)Oc3ccc(NC(=O)OC(C)(C)C(F)(F)F)cc32)ccc1F. The molecule has 1 N–H and O–H groups in total. The van der Waals surface area contributed by atoms with Crippen molar-refractivity contribution in [3.05, 3.63) is 42.2 Å². The number of alkyl halides is 3. The van der Waals surface area contributed by atoms with Crippen LogP contribution in [0.15, 0.2) is 41.3 Å². The number of benzene rings is 2. The first-order valence-corrected chi connectivity index (χ1v) is 13.5. The Hall–Kier alpha value is -3.73. The lowest BCUT2D eigenvalue weighted by molar-refractivity contribution is -0.242. The summed E-state index contributed by atoms with van der Waals surface area (Å²) < 4.78 is 98.0. The maximum Gasteiger partial charge on any atom is 0.427 e. The van der Waals surface area contributed by atoms with Crippen LogP contribution in [0.1, 0.15) is 34.1 Å². The third kappa shape index (κ3) is 5.10. The van der Waals surface area contributed by atoms with Gasteiger partial charge in [0.2, 0.25) is 5.60 Å². The number of nitrogens with one attached hydrogen (secondary N) is 1. The Morgan fingerprint density at radius 3 is 2.45 bits per heavy atom. The minimum Gasteiger partial charge on any atom is -0.494 e. The summed E-state index contributed by atoms with van der Waals surface area (Å²) in [6, 6.07) is 9.15. The summed E-state index contributed by atoms with van der Waals surface area (Å²) in [6.45, 7) is 4.60. The number of fused-ring (bicyclic) bond motifs is 1. The fourth-order valence-corrected chi connectivity index (χ4v) is 6.14. The summed E-state index contributed by atoms with van der Waals surface area (Å²) in [6.07, 6.45) is -5.86. The molecule has 2 aliphatic rings. The number of ether oxygens (including phenoxy) is 3. The van der Waals surface area contributed by atoms with Gasteiger partial charge in [-0.2, -0.15) is 18.4 Å². The van der Waals surface area contributed by atoms with Gasteiger partial charge in [-0.3, -0.25) is 9.62 Å². The van der Waals surface area contributed by atoms with Crippen LogP contribution in [0.2, 0.25) is 0 Å². The Balaban J connectivity index is 1.74. The zero-order valence-electron chi connectivity index (χ0n) is 22.2. The molecule has 14 heteroatoms. The zero-order chi connectivity index (χ0) is 29.9. The molecule has 1 fully saturated rings. The highest BCUT2D eigenvalue weighted by molar-refractivity contribution is 7.92. The summed E-state index contributed by atoms with van der Waals surface area (Å²) in [5.74, 6) is -1.29. The molecule has 0 aromatic heterocycles. The van der Waals surface area contributed by atoms with E-state index in [-0.39, 0.29) is 40.2 Å². The minimum atomic E-state index is -4.83. The zero-order valence-corrected chi connectivity index (χ0v) is 23.0. The minimum absolute atomic E-state index is 0.0257. The molecule has 0 radical (unpaired) electrons. The highest BCUT2D eigenvalue weighted by Crippen LogP contribution is 2.60. The first-order valence-electron chi connectivity index (χ1n) is 12.0. The van der Waals surface area contributed by atoms with Gasteiger partial charge in [0.15, 0.2) is 11.6 Å². The molecule has 0 bridgehead atoms. The fraction of sp³-hybridized carbons (Fsp3) is 0.462. The maximum absolute atomic E-state index is 14.1. The molecule has 1 spiro atoms. The molecule has 1 heterocycles. The summed E-state index contributed by atoms with van der Waals surface area (Å²) in [7, 11) is -3.21. The van der Waals surface area contributed by atoms with Crippen molar-refractivity contribution < 1.29 is 45.0 Å². The van der Waals surface area contributed by atoms with Crippen molar-refractivity contribution in [1.82, 2.24) is 0 Å². The van der Waals surface area contributed by atoms with Crippen LogP contribution in [0.4, 0.5) is 33.7 Å². The highest BCUT2D eigenvalue weighted by Gasteiger charge is 2.66. The predicted molar refractivity (Wildman–Crippen MR) is 135 cm³/mol. The van der Waals surface area contributed by atoms with Gasteiger partial charge in [0.1, 0.15) is 11.4 Å². The van der Waals surface area contributed by atoms with E-state index < -0.39 is 44.7 Å². The number of sulfonamides is 1. The number of nitrogens with zero attached hydrogens (tertiary/aromatic N) is 2. The molecule has 0 unspecified atom stereocenters. The predicted octanol–water partition coefficient (Wildman–Crippen LogP) is 5.62. The van der Waals surface area contributed by atoms with Crippen molar-refractivity contribution in [2.24, 2.45) is 11.3 Å². The Labute approximate surface area is 228 Å². The van der Waals surface area contributed by atoms with Crippen LogP contribution in [0.3, 0.4) is 0 Å². The summed E-state index contributed by atoms with van der Waals surface area (Å²) in [5, 5.41) is 11.8. The molecule has 2 atom stereocenters. The molecule has 40 heavy (non-hydrogen) atoms. The van der Waals surface area contributed by atoms with Crippen molar-refractivity contribution in [3.8, 4) is 17.6 Å². The van der Waals surface area contributed by atoms with E-state index in [4.69, 9.17) is 9.47 Å². The van der Waals surface area contributed by atoms with Crippen molar-refractivity contribution in [1.29, 1.82) is 5.26 Å². The number of hydrogen-bond donors (Lipinski definition) is 1. The van der Waals surface area contributed by atoms with E-state index in [1.807, 2.05) is 0 Å². The Morgan fingerprint density at radius 1 is 1.18 bits per heavy atom. The molecule has 1 saturated carbocycles. The third-order valence-electron chi connectivity index (χ3n) is 7.12. The number of carbonyl (C=O) groups excluding carboxylic acids is 1. The third-order valence-corrected chi connectivity index (χ3v) is 8.88. The largest absolute Gasteiger partial charge is 0.494 e.